The van der Waals surface area contributed by atoms with Crippen LogP contribution in [0.4, 0.5) is 0 Å². The first kappa shape index (κ1) is 11.7. The molecule has 6 heteroatoms. The van der Waals surface area contributed by atoms with E-state index in [9.17, 15) is 9.11 Å². The maximum Gasteiger partial charge on any atom is 0.162 e. The average molecular weight is 228 g/mol. The third-order valence-corrected chi connectivity index (χ3v) is 3.49. The van der Waals surface area contributed by atoms with Gasteiger partial charge in [0.25, 0.3) is 0 Å². The van der Waals surface area contributed by atoms with Gasteiger partial charge in [0.1, 0.15) is 5.75 Å². The van der Waals surface area contributed by atoms with E-state index in [1.807, 2.05) is 0 Å². The Morgan fingerprint density at radius 3 is 2.27 bits per heavy atom. The fourth-order valence-corrected chi connectivity index (χ4v) is 1.91. The fourth-order valence-electron chi connectivity index (χ4n) is 0.975. The number of hydrogen-bond acceptors (Lipinski definition) is 5. The maximum atomic E-state index is 9.64. The molecule has 82 valence electrons. The van der Waals surface area contributed by atoms with Gasteiger partial charge in [-0.3, -0.25) is 14.5 Å². The first-order valence-electron chi connectivity index (χ1n) is 4.03. The van der Waals surface area contributed by atoms with E-state index in [1.54, 1.807) is 12.1 Å². The molecule has 0 aromatic heterocycles. The molecule has 0 bridgehead atoms. The third kappa shape index (κ3) is 2.35. The number of rotatable bonds is 3. The summed E-state index contributed by atoms with van der Waals surface area (Å²) in [5.41, 5.74) is 0. The highest BCUT2D eigenvalue weighted by molar-refractivity contribution is 8.38. The largest absolute Gasteiger partial charge is 0.497 e. The molecular weight excluding hydrogens is 216 g/mol. The molecule has 0 aliphatic heterocycles. The molecule has 0 aliphatic carbocycles. The zero-order valence-corrected chi connectivity index (χ0v) is 8.91. The van der Waals surface area contributed by atoms with Crippen LogP contribution >= 0.6 is 10.6 Å². The second kappa shape index (κ2) is 4.43. The van der Waals surface area contributed by atoms with Gasteiger partial charge < -0.3 is 10.1 Å². The van der Waals surface area contributed by atoms with E-state index in [-0.39, 0.29) is 4.90 Å². The van der Waals surface area contributed by atoms with Gasteiger partial charge in [-0.15, -0.1) is 10.6 Å². The molecule has 0 radical (unpaired) electrons. The predicted octanol–water partition coefficient (Wildman–Crippen LogP) is 2.43. The smallest absolute Gasteiger partial charge is 0.162 e. The molecule has 5 nitrogen and oxygen atoms in total. The highest BCUT2D eigenvalue weighted by Crippen LogP contribution is 2.48. The highest BCUT2D eigenvalue weighted by atomic mass is 32.3. The van der Waals surface area contributed by atoms with Crippen molar-refractivity contribution in [1.82, 2.24) is 0 Å². The van der Waals surface area contributed by atoms with Gasteiger partial charge in [0.2, 0.25) is 0 Å². The summed E-state index contributed by atoms with van der Waals surface area (Å²) in [5.74, 6) is 0.593. The summed E-state index contributed by atoms with van der Waals surface area (Å²) in [5, 5.41) is 13.6. The predicted molar refractivity (Wildman–Crippen MR) is 60.6 cm³/mol. The summed E-state index contributed by atoms with van der Waals surface area (Å²) >= 11 is 0. The van der Waals surface area contributed by atoms with E-state index in [0.29, 0.717) is 12.0 Å². The van der Waals surface area contributed by atoms with Gasteiger partial charge in [-0.2, -0.15) is 0 Å². The molecule has 1 aromatic carbocycles. The van der Waals surface area contributed by atoms with Gasteiger partial charge in [-0.25, -0.2) is 0 Å². The van der Waals surface area contributed by atoms with Crippen molar-refractivity contribution < 1.29 is 13.8 Å². The lowest BCUT2D eigenvalue weighted by Gasteiger charge is -2.30. The van der Waals surface area contributed by atoms with Crippen molar-refractivity contribution in [3.05, 3.63) is 24.3 Å². The van der Waals surface area contributed by atoms with E-state index in [2.05, 4.69) is 0 Å². The van der Waals surface area contributed by atoms with Crippen molar-refractivity contribution in [1.29, 1.82) is 10.8 Å². The minimum Gasteiger partial charge on any atom is -0.497 e. The zero-order chi connectivity index (χ0) is 11.5. The summed E-state index contributed by atoms with van der Waals surface area (Å²) in [6.45, 7) is 0. The van der Waals surface area contributed by atoms with Crippen LogP contribution in [0.5, 0.6) is 5.75 Å². The van der Waals surface area contributed by atoms with Crippen molar-refractivity contribution in [2.45, 2.75) is 4.90 Å². The van der Waals surface area contributed by atoms with Gasteiger partial charge in [0.05, 0.1) is 18.2 Å². The van der Waals surface area contributed by atoms with Crippen LogP contribution in [0.3, 0.4) is 0 Å². The van der Waals surface area contributed by atoms with Crippen LogP contribution in [0, 0.1) is 10.8 Å². The van der Waals surface area contributed by atoms with E-state index < -0.39 is 15.6 Å². The summed E-state index contributed by atoms with van der Waals surface area (Å²) in [4.78, 5) is 0.205. The average Bonchev–Trinajstić information content (AvgIpc) is 2.28. The molecule has 0 heterocycles. The summed E-state index contributed by atoms with van der Waals surface area (Å²) in [6.07, 6.45) is 0.625. The van der Waals surface area contributed by atoms with Gasteiger partial charge in [0.15, 0.2) is 5.04 Å². The molecular formula is C9H12N2O3S. The van der Waals surface area contributed by atoms with Crippen molar-refractivity contribution in [3.8, 4) is 5.75 Å². The Morgan fingerprint density at radius 1 is 1.33 bits per heavy atom. The summed E-state index contributed by atoms with van der Waals surface area (Å²) < 4.78 is 24.2. The molecule has 15 heavy (non-hydrogen) atoms. The fraction of sp³-hybridized carbons (Fsp3) is 0.111. The molecule has 0 unspecified atom stereocenters. The highest BCUT2D eigenvalue weighted by Gasteiger charge is 2.19. The Labute approximate surface area is 89.1 Å². The molecule has 0 amide bonds. The standard InChI is InChI=1S/C9H12N2O3S/c1-14-7-2-4-8(5-3-7)15(12,13)9(11)6-10/h2-6,10-13H,1H3. The van der Waals surface area contributed by atoms with Gasteiger partial charge >= 0.3 is 0 Å². The molecule has 0 aliphatic rings. The molecule has 1 rings (SSSR count). The van der Waals surface area contributed by atoms with E-state index in [0.717, 1.165) is 0 Å². The lowest BCUT2D eigenvalue weighted by molar-refractivity contribution is 0.414. The number of ether oxygens (including phenoxy) is 1. The first-order valence-corrected chi connectivity index (χ1v) is 5.58. The lowest BCUT2D eigenvalue weighted by atomic mass is 10.3. The molecule has 0 fully saturated rings. The molecule has 0 atom stereocenters. The van der Waals surface area contributed by atoms with E-state index >= 15 is 0 Å². The lowest BCUT2D eigenvalue weighted by Crippen LogP contribution is -2.11. The zero-order valence-electron chi connectivity index (χ0n) is 8.10. The normalized spacial score (nSPS) is 11.9. The van der Waals surface area contributed by atoms with Gasteiger partial charge in [-0.05, 0) is 24.3 Å². The second-order valence-electron chi connectivity index (χ2n) is 2.73. The minimum absolute atomic E-state index is 0.205. The van der Waals surface area contributed by atoms with Crippen LogP contribution in [-0.4, -0.2) is 27.5 Å². The Morgan fingerprint density at radius 2 is 1.87 bits per heavy atom. The Balaban J connectivity index is 3.05. The Bertz CT molecular complexity index is 375. The number of nitrogens with one attached hydrogen (secondary N) is 2. The van der Waals surface area contributed by atoms with Crippen LogP contribution in [0.15, 0.2) is 29.2 Å². The summed E-state index contributed by atoms with van der Waals surface area (Å²) in [7, 11) is -1.82. The Hall–Kier alpha value is -1.37. The van der Waals surface area contributed by atoms with Crippen LogP contribution < -0.4 is 4.74 Å². The van der Waals surface area contributed by atoms with Crippen LogP contribution in [0.25, 0.3) is 0 Å². The van der Waals surface area contributed by atoms with Gasteiger partial charge in [0, 0.05) is 0 Å². The quantitative estimate of drug-likeness (QED) is 0.472. The monoisotopic (exact) mass is 228 g/mol. The van der Waals surface area contributed by atoms with Crippen molar-refractivity contribution in [3.63, 3.8) is 0 Å². The van der Waals surface area contributed by atoms with Crippen LogP contribution in [0.1, 0.15) is 0 Å². The molecule has 4 N–H and O–H groups in total. The molecule has 0 spiro atoms. The Kier molecular flexibility index (Phi) is 3.46. The number of benzene rings is 1. The number of methoxy groups -OCH3 is 1. The van der Waals surface area contributed by atoms with Gasteiger partial charge in [-0.1, -0.05) is 0 Å². The maximum absolute atomic E-state index is 9.64. The van der Waals surface area contributed by atoms with Crippen molar-refractivity contribution in [2.24, 2.45) is 0 Å². The molecule has 0 saturated carbocycles. The molecule has 1 aromatic rings. The van der Waals surface area contributed by atoms with Crippen LogP contribution in [-0.2, 0) is 0 Å². The van der Waals surface area contributed by atoms with E-state index in [1.165, 1.54) is 19.2 Å². The minimum atomic E-state index is -3.33. The number of hydrogen-bond donors (Lipinski definition) is 4. The van der Waals surface area contributed by atoms with Crippen molar-refractivity contribution >= 4 is 21.8 Å². The SMILES string of the molecule is COc1ccc(S(O)(O)C(=N)C=N)cc1. The topological polar surface area (TPSA) is 97.4 Å². The van der Waals surface area contributed by atoms with Crippen molar-refractivity contribution in [2.75, 3.05) is 7.11 Å². The van der Waals surface area contributed by atoms with Crippen LogP contribution in [0.2, 0.25) is 0 Å². The molecule has 0 saturated heterocycles. The first-order chi connectivity index (χ1) is 7.02. The van der Waals surface area contributed by atoms with E-state index in [4.69, 9.17) is 15.6 Å². The second-order valence-corrected chi connectivity index (χ2v) is 4.74. The third-order valence-electron chi connectivity index (χ3n) is 1.83. The summed E-state index contributed by atoms with van der Waals surface area (Å²) in [6, 6.07) is 6.07.